The highest BCUT2D eigenvalue weighted by Crippen LogP contribution is 2.25. The third-order valence-electron chi connectivity index (χ3n) is 3.10. The number of halogens is 1. The van der Waals surface area contributed by atoms with Gasteiger partial charge in [-0.2, -0.15) is 0 Å². The average molecular weight is 314 g/mol. The zero-order chi connectivity index (χ0) is 10.7. The van der Waals surface area contributed by atoms with E-state index in [1.807, 2.05) is 0 Å². The van der Waals surface area contributed by atoms with Gasteiger partial charge in [0.15, 0.2) is 0 Å². The van der Waals surface area contributed by atoms with Crippen LogP contribution in [0.5, 0.6) is 0 Å². The van der Waals surface area contributed by atoms with Gasteiger partial charge < -0.3 is 0 Å². The first-order valence-corrected chi connectivity index (χ1v) is 6.58. The predicted molar refractivity (Wildman–Crippen MR) is 69.8 cm³/mol. The summed E-state index contributed by atoms with van der Waals surface area (Å²) in [6, 6.07) is 8.73. The van der Waals surface area contributed by atoms with Crippen LogP contribution in [-0.4, -0.2) is 5.78 Å². The standard InChI is InChI=1S/C13H15IO/c14-12-5-1-10(2-6-12)9-11-3-7-13(15)8-4-11/h1-2,5-6,11H,3-4,7-9H2. The summed E-state index contributed by atoms with van der Waals surface area (Å²) >= 11 is 2.33. The number of carbonyl (C=O) groups is 1. The van der Waals surface area contributed by atoms with Crippen molar-refractivity contribution < 1.29 is 4.79 Å². The fourth-order valence-corrected chi connectivity index (χ4v) is 2.52. The molecule has 0 N–H and O–H groups in total. The number of hydrogen-bond acceptors (Lipinski definition) is 1. The van der Waals surface area contributed by atoms with Crippen LogP contribution < -0.4 is 0 Å². The molecule has 15 heavy (non-hydrogen) atoms. The molecule has 0 unspecified atom stereocenters. The molecular formula is C13H15IO. The minimum Gasteiger partial charge on any atom is -0.300 e. The van der Waals surface area contributed by atoms with Crippen LogP contribution in [0.1, 0.15) is 31.2 Å². The first-order chi connectivity index (χ1) is 7.24. The first-order valence-electron chi connectivity index (χ1n) is 5.50. The minimum atomic E-state index is 0.453. The number of Topliss-reactive ketones (excluding diaryl/α,β-unsaturated/α-hetero) is 1. The van der Waals surface area contributed by atoms with Gasteiger partial charge in [-0.3, -0.25) is 4.79 Å². The number of ketones is 1. The van der Waals surface area contributed by atoms with Crippen LogP contribution in [0, 0.1) is 9.49 Å². The van der Waals surface area contributed by atoms with E-state index in [9.17, 15) is 4.79 Å². The monoisotopic (exact) mass is 314 g/mol. The van der Waals surface area contributed by atoms with Crippen molar-refractivity contribution in [1.82, 2.24) is 0 Å². The first kappa shape index (κ1) is 11.1. The minimum absolute atomic E-state index is 0.453. The molecular weight excluding hydrogens is 299 g/mol. The summed E-state index contributed by atoms with van der Waals surface area (Å²) in [5, 5.41) is 0. The van der Waals surface area contributed by atoms with Crippen LogP contribution in [0.4, 0.5) is 0 Å². The van der Waals surface area contributed by atoms with Gasteiger partial charge >= 0.3 is 0 Å². The highest BCUT2D eigenvalue weighted by Gasteiger charge is 2.18. The maximum Gasteiger partial charge on any atom is 0.132 e. The third-order valence-corrected chi connectivity index (χ3v) is 3.82. The molecule has 1 saturated carbocycles. The maximum atomic E-state index is 11.1. The van der Waals surface area contributed by atoms with Crippen molar-refractivity contribution in [2.24, 2.45) is 5.92 Å². The largest absolute Gasteiger partial charge is 0.300 e. The Kier molecular flexibility index (Phi) is 3.78. The van der Waals surface area contributed by atoms with E-state index in [4.69, 9.17) is 0 Å². The Morgan fingerprint density at radius 3 is 2.33 bits per heavy atom. The van der Waals surface area contributed by atoms with Gasteiger partial charge in [-0.05, 0) is 65.5 Å². The van der Waals surface area contributed by atoms with Crippen LogP contribution in [0.25, 0.3) is 0 Å². The molecule has 0 amide bonds. The average Bonchev–Trinajstić information content (AvgIpc) is 2.25. The molecule has 0 bridgehead atoms. The molecule has 2 heteroatoms. The molecule has 0 aromatic heterocycles. The molecule has 0 radical (unpaired) electrons. The summed E-state index contributed by atoms with van der Waals surface area (Å²) in [4.78, 5) is 11.1. The molecule has 0 saturated heterocycles. The van der Waals surface area contributed by atoms with E-state index in [2.05, 4.69) is 46.9 Å². The summed E-state index contributed by atoms with van der Waals surface area (Å²) < 4.78 is 1.29. The Hall–Kier alpha value is -0.380. The SMILES string of the molecule is O=C1CCC(Cc2ccc(I)cc2)CC1. The molecule has 1 aromatic carbocycles. The lowest BCUT2D eigenvalue weighted by atomic mass is 9.84. The fraction of sp³-hybridized carbons (Fsp3) is 0.462. The summed E-state index contributed by atoms with van der Waals surface area (Å²) in [6.45, 7) is 0. The second-order valence-corrected chi connectivity index (χ2v) is 5.56. The summed E-state index contributed by atoms with van der Waals surface area (Å²) in [5.74, 6) is 1.18. The quantitative estimate of drug-likeness (QED) is 0.763. The van der Waals surface area contributed by atoms with Crippen LogP contribution in [0.2, 0.25) is 0 Å². The topological polar surface area (TPSA) is 17.1 Å². The van der Waals surface area contributed by atoms with E-state index >= 15 is 0 Å². The van der Waals surface area contributed by atoms with E-state index in [1.54, 1.807) is 0 Å². The lowest BCUT2D eigenvalue weighted by Gasteiger charge is -2.20. The number of benzene rings is 1. The van der Waals surface area contributed by atoms with E-state index < -0.39 is 0 Å². The molecule has 0 atom stereocenters. The Balaban J connectivity index is 1.91. The van der Waals surface area contributed by atoms with Crippen molar-refractivity contribution >= 4 is 28.4 Å². The van der Waals surface area contributed by atoms with Gasteiger partial charge in [0.05, 0.1) is 0 Å². The second kappa shape index (κ2) is 5.10. The van der Waals surface area contributed by atoms with Gasteiger partial charge in [-0.15, -0.1) is 0 Å². The number of carbonyl (C=O) groups excluding carboxylic acids is 1. The molecule has 1 nitrogen and oxygen atoms in total. The molecule has 1 aliphatic rings. The highest BCUT2D eigenvalue weighted by atomic mass is 127. The van der Waals surface area contributed by atoms with Gasteiger partial charge in [-0.25, -0.2) is 0 Å². The van der Waals surface area contributed by atoms with Gasteiger partial charge in [0.25, 0.3) is 0 Å². The summed E-state index contributed by atoms with van der Waals surface area (Å²) in [5.41, 5.74) is 1.41. The lowest BCUT2D eigenvalue weighted by molar-refractivity contribution is -0.120. The normalized spacial score (nSPS) is 18.1. The van der Waals surface area contributed by atoms with Gasteiger partial charge in [0.1, 0.15) is 5.78 Å². The summed E-state index contributed by atoms with van der Waals surface area (Å²) in [6.07, 6.45) is 4.92. The number of rotatable bonds is 2. The lowest BCUT2D eigenvalue weighted by Crippen LogP contribution is -2.15. The van der Waals surface area contributed by atoms with Crippen molar-refractivity contribution in [3.8, 4) is 0 Å². The molecule has 0 aliphatic heterocycles. The van der Waals surface area contributed by atoms with E-state index in [0.717, 1.165) is 38.0 Å². The van der Waals surface area contributed by atoms with Crippen molar-refractivity contribution in [2.45, 2.75) is 32.1 Å². The predicted octanol–water partition coefficient (Wildman–Crippen LogP) is 3.59. The molecule has 80 valence electrons. The van der Waals surface area contributed by atoms with Gasteiger partial charge in [0.2, 0.25) is 0 Å². The van der Waals surface area contributed by atoms with Crippen LogP contribution in [-0.2, 0) is 11.2 Å². The zero-order valence-corrected chi connectivity index (χ0v) is 10.9. The molecule has 1 fully saturated rings. The Morgan fingerprint density at radius 2 is 1.73 bits per heavy atom. The smallest absolute Gasteiger partial charge is 0.132 e. The molecule has 1 aromatic rings. The molecule has 2 rings (SSSR count). The van der Waals surface area contributed by atoms with Crippen LogP contribution in [0.15, 0.2) is 24.3 Å². The van der Waals surface area contributed by atoms with E-state index in [1.165, 1.54) is 9.13 Å². The van der Waals surface area contributed by atoms with Crippen LogP contribution in [0.3, 0.4) is 0 Å². The Bertz CT molecular complexity index is 332. The van der Waals surface area contributed by atoms with E-state index in [-0.39, 0.29) is 0 Å². The summed E-state index contributed by atoms with van der Waals surface area (Å²) in [7, 11) is 0. The second-order valence-electron chi connectivity index (χ2n) is 4.31. The van der Waals surface area contributed by atoms with Crippen molar-refractivity contribution in [2.75, 3.05) is 0 Å². The van der Waals surface area contributed by atoms with Crippen LogP contribution >= 0.6 is 22.6 Å². The fourth-order valence-electron chi connectivity index (χ4n) is 2.16. The highest BCUT2D eigenvalue weighted by molar-refractivity contribution is 14.1. The molecule has 0 heterocycles. The molecule has 0 spiro atoms. The van der Waals surface area contributed by atoms with Crippen molar-refractivity contribution in [3.05, 3.63) is 33.4 Å². The maximum absolute atomic E-state index is 11.1. The third kappa shape index (κ3) is 3.30. The van der Waals surface area contributed by atoms with Gasteiger partial charge in [-0.1, -0.05) is 12.1 Å². The zero-order valence-electron chi connectivity index (χ0n) is 8.71. The number of hydrogen-bond donors (Lipinski definition) is 0. The van der Waals surface area contributed by atoms with Crippen molar-refractivity contribution in [3.63, 3.8) is 0 Å². The Morgan fingerprint density at radius 1 is 1.13 bits per heavy atom. The molecule has 1 aliphatic carbocycles. The van der Waals surface area contributed by atoms with Gasteiger partial charge in [0, 0.05) is 16.4 Å². The van der Waals surface area contributed by atoms with Crippen molar-refractivity contribution in [1.29, 1.82) is 0 Å². The van der Waals surface area contributed by atoms with E-state index in [0.29, 0.717) is 5.78 Å². The Labute approximate surface area is 104 Å².